The van der Waals surface area contributed by atoms with E-state index in [1.165, 1.54) is 56.7 Å². The second-order valence-electron chi connectivity index (χ2n) is 7.92. The minimum atomic E-state index is -3.58. The van der Waals surface area contributed by atoms with Gasteiger partial charge in [-0.3, -0.25) is 4.79 Å². The molecule has 0 unspecified atom stereocenters. The Labute approximate surface area is 193 Å². The lowest BCUT2D eigenvalue weighted by Gasteiger charge is -2.16. The van der Waals surface area contributed by atoms with E-state index >= 15 is 0 Å². The van der Waals surface area contributed by atoms with E-state index in [4.69, 9.17) is 0 Å². The molecule has 0 saturated heterocycles. The number of aryl methyl sites for hydroxylation is 1. The summed E-state index contributed by atoms with van der Waals surface area (Å²) in [4.78, 5) is 17.5. The number of thiazole rings is 1. The molecule has 1 saturated carbocycles. The molecule has 11 heteroatoms. The first-order chi connectivity index (χ1) is 15.7. The van der Waals surface area contributed by atoms with Crippen molar-refractivity contribution in [3.63, 3.8) is 0 Å². The maximum Gasteiger partial charge on any atom is 0.256 e. The van der Waals surface area contributed by atoms with E-state index in [0.717, 1.165) is 12.8 Å². The fraction of sp³-hybridized carbons (Fsp3) is 0.227. The van der Waals surface area contributed by atoms with Crippen LogP contribution >= 0.6 is 11.3 Å². The van der Waals surface area contributed by atoms with Crippen LogP contribution in [-0.2, 0) is 10.0 Å². The third-order valence-corrected chi connectivity index (χ3v) is 8.37. The van der Waals surface area contributed by atoms with Crippen LogP contribution in [0.5, 0.6) is 0 Å². The molecule has 1 N–H and O–H groups in total. The lowest BCUT2D eigenvalue weighted by atomic mass is 10.2. The molecule has 1 amide bonds. The quantitative estimate of drug-likeness (QED) is 0.446. The van der Waals surface area contributed by atoms with Gasteiger partial charge in [-0.25, -0.2) is 17.8 Å². The van der Waals surface area contributed by atoms with Crippen molar-refractivity contribution in [1.82, 2.24) is 19.1 Å². The first-order valence-corrected chi connectivity index (χ1v) is 12.5. The van der Waals surface area contributed by atoms with E-state index in [1.54, 1.807) is 26.1 Å². The summed E-state index contributed by atoms with van der Waals surface area (Å²) in [6.45, 7) is 1.79. The SMILES string of the molecule is Cc1cc(NC(=O)c2ccc(S(=O)(=O)N(C)C3CC3)cc2)n(-c2nc3ccc(F)cc3s2)n1. The molecule has 33 heavy (non-hydrogen) atoms. The molecule has 0 spiro atoms. The van der Waals surface area contributed by atoms with E-state index in [0.29, 0.717) is 32.4 Å². The van der Waals surface area contributed by atoms with Crippen LogP contribution < -0.4 is 5.32 Å². The molecule has 2 heterocycles. The third-order valence-electron chi connectivity index (χ3n) is 5.45. The zero-order valence-corrected chi connectivity index (χ0v) is 19.5. The Bertz CT molecular complexity index is 1470. The van der Waals surface area contributed by atoms with E-state index in [2.05, 4.69) is 15.4 Å². The van der Waals surface area contributed by atoms with E-state index in [1.807, 2.05) is 0 Å². The number of hydrogen-bond acceptors (Lipinski definition) is 6. The van der Waals surface area contributed by atoms with Crippen LogP contribution in [0.3, 0.4) is 0 Å². The summed E-state index contributed by atoms with van der Waals surface area (Å²) in [7, 11) is -2.00. The van der Waals surface area contributed by atoms with E-state index in [-0.39, 0.29) is 16.8 Å². The molecule has 0 aliphatic heterocycles. The first-order valence-electron chi connectivity index (χ1n) is 10.2. The van der Waals surface area contributed by atoms with Crippen LogP contribution in [0.4, 0.5) is 10.2 Å². The summed E-state index contributed by atoms with van der Waals surface area (Å²) in [6.07, 6.45) is 1.74. The van der Waals surface area contributed by atoms with Gasteiger partial charge in [0.15, 0.2) is 0 Å². The Balaban J connectivity index is 1.39. The largest absolute Gasteiger partial charge is 0.306 e. The van der Waals surface area contributed by atoms with Crippen LogP contribution in [-0.4, -0.2) is 46.5 Å². The molecule has 0 atom stereocenters. The molecule has 1 aliphatic rings. The number of anilines is 1. The number of aromatic nitrogens is 3. The highest BCUT2D eigenvalue weighted by Gasteiger charge is 2.35. The molecule has 170 valence electrons. The molecule has 2 aromatic carbocycles. The molecule has 0 bridgehead atoms. The zero-order valence-electron chi connectivity index (χ0n) is 17.8. The lowest BCUT2D eigenvalue weighted by molar-refractivity contribution is 0.102. The summed E-state index contributed by atoms with van der Waals surface area (Å²) in [5.74, 6) is -0.360. The molecule has 2 aromatic heterocycles. The number of rotatable bonds is 6. The summed E-state index contributed by atoms with van der Waals surface area (Å²) in [5.41, 5.74) is 1.61. The second kappa shape index (κ2) is 8.01. The Morgan fingerprint density at radius 2 is 1.91 bits per heavy atom. The predicted octanol–water partition coefficient (Wildman–Crippen LogP) is 3.96. The van der Waals surface area contributed by atoms with Crippen molar-refractivity contribution in [2.45, 2.75) is 30.7 Å². The molecule has 5 rings (SSSR count). The van der Waals surface area contributed by atoms with Crippen molar-refractivity contribution >= 4 is 43.3 Å². The number of fused-ring (bicyclic) bond motifs is 1. The number of nitrogens with one attached hydrogen (secondary N) is 1. The first kappa shape index (κ1) is 21.7. The minimum absolute atomic E-state index is 0.0560. The smallest absolute Gasteiger partial charge is 0.256 e. The van der Waals surface area contributed by atoms with Crippen LogP contribution in [0.1, 0.15) is 28.9 Å². The number of sulfonamides is 1. The highest BCUT2D eigenvalue weighted by atomic mass is 32.2. The Morgan fingerprint density at radius 1 is 1.18 bits per heavy atom. The highest BCUT2D eigenvalue weighted by molar-refractivity contribution is 7.89. The number of benzene rings is 2. The van der Waals surface area contributed by atoms with Gasteiger partial charge in [-0.15, -0.1) is 0 Å². The minimum Gasteiger partial charge on any atom is -0.306 e. The molecule has 1 aliphatic carbocycles. The van der Waals surface area contributed by atoms with Crippen molar-refractivity contribution in [3.8, 4) is 5.13 Å². The van der Waals surface area contributed by atoms with Gasteiger partial charge in [0.25, 0.3) is 5.91 Å². The average molecular weight is 486 g/mol. The number of hydrogen-bond donors (Lipinski definition) is 1. The normalized spacial score (nSPS) is 14.2. The summed E-state index contributed by atoms with van der Waals surface area (Å²) >= 11 is 1.26. The molecule has 4 aromatic rings. The van der Waals surface area contributed by atoms with Crippen LogP contribution in [0.15, 0.2) is 53.4 Å². The number of nitrogens with zero attached hydrogens (tertiary/aromatic N) is 4. The van der Waals surface area contributed by atoms with Gasteiger partial charge in [0.05, 0.1) is 20.8 Å². The summed E-state index contributed by atoms with van der Waals surface area (Å²) in [5, 5.41) is 7.70. The second-order valence-corrected chi connectivity index (χ2v) is 10.9. The van der Waals surface area contributed by atoms with Gasteiger partial charge in [0.2, 0.25) is 15.2 Å². The predicted molar refractivity (Wildman–Crippen MR) is 124 cm³/mol. The lowest BCUT2D eigenvalue weighted by Crippen LogP contribution is -2.29. The number of halogens is 1. The van der Waals surface area contributed by atoms with E-state index in [9.17, 15) is 17.6 Å². The molecule has 1 fully saturated rings. The molecular formula is C22H20FN5O3S2. The van der Waals surface area contributed by atoms with Gasteiger partial charge in [-0.05, 0) is 62.2 Å². The van der Waals surface area contributed by atoms with Crippen molar-refractivity contribution in [1.29, 1.82) is 0 Å². The van der Waals surface area contributed by atoms with Gasteiger partial charge < -0.3 is 5.32 Å². The highest BCUT2D eigenvalue weighted by Crippen LogP contribution is 2.31. The maximum absolute atomic E-state index is 13.5. The zero-order chi connectivity index (χ0) is 23.3. The summed E-state index contributed by atoms with van der Waals surface area (Å²) in [6, 6.07) is 11.9. The Hall–Kier alpha value is -3.15. The monoisotopic (exact) mass is 485 g/mol. The molecule has 8 nitrogen and oxygen atoms in total. The molecule has 0 radical (unpaired) electrons. The fourth-order valence-corrected chi connectivity index (χ4v) is 5.85. The summed E-state index contributed by atoms with van der Waals surface area (Å²) < 4.78 is 42.4. The number of amides is 1. The van der Waals surface area contributed by atoms with Crippen molar-refractivity contribution < 1.29 is 17.6 Å². The number of carbonyl (C=O) groups is 1. The average Bonchev–Trinajstić information content (AvgIpc) is 3.45. The van der Waals surface area contributed by atoms with Crippen LogP contribution in [0, 0.1) is 12.7 Å². The van der Waals surface area contributed by atoms with Crippen molar-refractivity contribution in [2.24, 2.45) is 0 Å². The maximum atomic E-state index is 13.5. The van der Waals surface area contributed by atoms with E-state index < -0.39 is 15.9 Å². The number of carbonyl (C=O) groups excluding carboxylic acids is 1. The van der Waals surface area contributed by atoms with Gasteiger partial charge in [-0.1, -0.05) is 11.3 Å². The Kier molecular flexibility index (Phi) is 5.26. The van der Waals surface area contributed by atoms with Gasteiger partial charge >= 0.3 is 0 Å². The topological polar surface area (TPSA) is 97.2 Å². The van der Waals surface area contributed by atoms with Crippen molar-refractivity contribution in [2.75, 3.05) is 12.4 Å². The van der Waals surface area contributed by atoms with Gasteiger partial charge in [0.1, 0.15) is 11.6 Å². The standard InChI is InChI=1S/C22H20FN5O3S2/c1-13-11-20(28(26-13)22-24-18-10-5-15(23)12-19(18)32-22)25-21(29)14-3-8-17(9-4-14)33(30,31)27(2)16-6-7-16/h3-5,8-12,16H,6-7H2,1-2H3,(H,25,29). The van der Waals surface area contributed by atoms with Crippen LogP contribution in [0.25, 0.3) is 15.3 Å². The Morgan fingerprint density at radius 3 is 2.61 bits per heavy atom. The van der Waals surface area contributed by atoms with Gasteiger partial charge in [0, 0.05) is 24.7 Å². The molecular weight excluding hydrogens is 465 g/mol. The fourth-order valence-electron chi connectivity index (χ4n) is 3.48. The van der Waals surface area contributed by atoms with Gasteiger partial charge in [-0.2, -0.15) is 14.1 Å². The van der Waals surface area contributed by atoms with Crippen molar-refractivity contribution in [3.05, 3.63) is 65.6 Å². The van der Waals surface area contributed by atoms with Crippen LogP contribution in [0.2, 0.25) is 0 Å². The third kappa shape index (κ3) is 4.14.